The molecule has 0 aliphatic heterocycles. The number of thiazole rings is 1. The number of rotatable bonds is 6. The monoisotopic (exact) mass is 461 g/mol. The van der Waals surface area contributed by atoms with Crippen molar-refractivity contribution in [3.05, 3.63) is 45.2 Å². The van der Waals surface area contributed by atoms with E-state index in [4.69, 9.17) is 16.3 Å². The highest BCUT2D eigenvalue weighted by Crippen LogP contribution is 2.25. The lowest BCUT2D eigenvalue weighted by atomic mass is 10.2. The van der Waals surface area contributed by atoms with Gasteiger partial charge < -0.3 is 10.1 Å². The largest absolute Gasteiger partial charge is 0.444 e. The first-order valence-electron chi connectivity index (χ1n) is 8.46. The fourth-order valence-electron chi connectivity index (χ4n) is 2.18. The minimum atomic E-state index is -1.25. The van der Waals surface area contributed by atoms with Crippen LogP contribution in [0, 0.1) is 5.82 Å². The third-order valence-electron chi connectivity index (χ3n) is 3.31. The Morgan fingerprint density at radius 1 is 1.34 bits per heavy atom. The van der Waals surface area contributed by atoms with Crippen molar-refractivity contribution in [2.24, 2.45) is 0 Å². The minimum Gasteiger partial charge on any atom is -0.444 e. The van der Waals surface area contributed by atoms with Gasteiger partial charge in [0.05, 0.1) is 11.4 Å². The molecule has 0 fully saturated rings. The van der Waals surface area contributed by atoms with Crippen LogP contribution in [0.5, 0.6) is 0 Å². The molecule has 0 aliphatic rings. The van der Waals surface area contributed by atoms with Crippen molar-refractivity contribution in [3.8, 4) is 0 Å². The first-order valence-corrected chi connectivity index (χ1v) is 11.4. The van der Waals surface area contributed by atoms with Gasteiger partial charge >= 0.3 is 6.09 Å². The Morgan fingerprint density at radius 3 is 2.62 bits per heavy atom. The van der Waals surface area contributed by atoms with E-state index in [2.05, 4.69) is 15.6 Å². The SMILES string of the molecule is CS(=O)Cc1nc(NC(=O)OC(C)(C)C)sc1C(=O)NCc1ccc(F)cc1Cl. The van der Waals surface area contributed by atoms with Crippen LogP contribution in [0.1, 0.15) is 41.7 Å². The van der Waals surface area contributed by atoms with Crippen molar-refractivity contribution in [1.29, 1.82) is 0 Å². The second-order valence-electron chi connectivity index (χ2n) is 7.06. The Labute approximate surface area is 179 Å². The van der Waals surface area contributed by atoms with Crippen LogP contribution in [0.2, 0.25) is 5.02 Å². The Hall–Kier alpha value is -2.04. The van der Waals surface area contributed by atoms with Gasteiger partial charge in [0, 0.05) is 28.6 Å². The molecule has 158 valence electrons. The summed E-state index contributed by atoms with van der Waals surface area (Å²) in [5, 5.41) is 5.51. The molecule has 0 saturated carbocycles. The van der Waals surface area contributed by atoms with E-state index in [1.807, 2.05) is 0 Å². The number of nitrogens with zero attached hydrogens (tertiary/aromatic N) is 1. The minimum absolute atomic E-state index is 0.0482. The molecule has 1 heterocycles. The lowest BCUT2D eigenvalue weighted by molar-refractivity contribution is 0.0635. The summed E-state index contributed by atoms with van der Waals surface area (Å²) < 4.78 is 30.0. The number of nitrogens with one attached hydrogen (secondary N) is 2. The maximum Gasteiger partial charge on any atom is 0.413 e. The second-order valence-corrected chi connectivity index (χ2v) is 9.90. The number of carbonyl (C=O) groups is 2. The predicted octanol–water partition coefficient (Wildman–Crippen LogP) is 4.09. The quantitative estimate of drug-likeness (QED) is 0.675. The molecule has 0 spiro atoms. The average molecular weight is 462 g/mol. The fourth-order valence-corrected chi connectivity index (χ4v) is 3.99. The highest BCUT2D eigenvalue weighted by molar-refractivity contribution is 7.83. The number of aromatic nitrogens is 1. The summed E-state index contributed by atoms with van der Waals surface area (Å²) >= 11 is 6.91. The van der Waals surface area contributed by atoms with Crippen LogP contribution in [0.3, 0.4) is 0 Å². The molecule has 1 aromatic carbocycles. The molecule has 1 unspecified atom stereocenters. The number of hydrogen-bond donors (Lipinski definition) is 2. The van der Waals surface area contributed by atoms with E-state index in [-0.39, 0.29) is 27.3 Å². The molecule has 7 nitrogen and oxygen atoms in total. The summed E-state index contributed by atoms with van der Waals surface area (Å²) in [6.07, 6.45) is 0.779. The topological polar surface area (TPSA) is 97.4 Å². The molecule has 29 heavy (non-hydrogen) atoms. The van der Waals surface area contributed by atoms with Gasteiger partial charge in [0.25, 0.3) is 5.91 Å². The molecular weight excluding hydrogens is 441 g/mol. The van der Waals surface area contributed by atoms with Crippen LogP contribution >= 0.6 is 22.9 Å². The Kier molecular flexibility index (Phi) is 7.73. The summed E-state index contributed by atoms with van der Waals surface area (Å²) in [6.45, 7) is 5.23. The molecule has 11 heteroatoms. The summed E-state index contributed by atoms with van der Waals surface area (Å²) in [6, 6.07) is 3.88. The zero-order chi connectivity index (χ0) is 21.8. The van der Waals surface area contributed by atoms with Gasteiger partial charge in [-0.2, -0.15) is 0 Å². The van der Waals surface area contributed by atoms with Crippen LogP contribution < -0.4 is 10.6 Å². The number of benzene rings is 1. The van der Waals surface area contributed by atoms with Crippen LogP contribution in [0.25, 0.3) is 0 Å². The smallest absolute Gasteiger partial charge is 0.413 e. The number of amides is 2. The normalized spacial score (nSPS) is 12.3. The molecule has 2 N–H and O–H groups in total. The molecule has 1 aromatic heterocycles. The van der Waals surface area contributed by atoms with Gasteiger partial charge in [-0.15, -0.1) is 0 Å². The first-order chi connectivity index (χ1) is 13.4. The summed E-state index contributed by atoms with van der Waals surface area (Å²) in [4.78, 5) is 29.0. The Morgan fingerprint density at radius 2 is 2.03 bits per heavy atom. The number of halogens is 2. The third kappa shape index (κ3) is 7.37. The van der Waals surface area contributed by atoms with Gasteiger partial charge in [-0.3, -0.25) is 14.3 Å². The molecule has 1 atom stereocenters. The predicted molar refractivity (Wildman–Crippen MR) is 112 cm³/mol. The van der Waals surface area contributed by atoms with Gasteiger partial charge in [-0.25, -0.2) is 14.2 Å². The molecule has 0 aliphatic carbocycles. The number of carbonyl (C=O) groups excluding carboxylic acids is 2. The number of anilines is 1. The first kappa shape index (κ1) is 23.2. The molecule has 0 saturated heterocycles. The Bertz CT molecular complexity index is 944. The van der Waals surface area contributed by atoms with Crippen molar-refractivity contribution in [1.82, 2.24) is 10.3 Å². The standard InChI is InChI=1S/C18H21ClFN3O4S2/c1-18(2,3)27-17(25)23-16-22-13(9-29(4)26)14(28-16)15(24)21-8-10-5-6-11(20)7-12(10)19/h5-7H,8-9H2,1-4H3,(H,21,24)(H,22,23,25). The highest BCUT2D eigenvalue weighted by Gasteiger charge is 2.22. The molecule has 2 aromatic rings. The van der Waals surface area contributed by atoms with E-state index >= 15 is 0 Å². The van der Waals surface area contributed by atoms with Gasteiger partial charge in [0.2, 0.25) is 0 Å². The summed E-state index contributed by atoms with van der Waals surface area (Å²) in [5.74, 6) is -0.897. The average Bonchev–Trinajstić information content (AvgIpc) is 2.93. The lowest BCUT2D eigenvalue weighted by Gasteiger charge is -2.18. The highest BCUT2D eigenvalue weighted by atomic mass is 35.5. The molecule has 2 amide bonds. The third-order valence-corrected chi connectivity index (χ3v) is 5.35. The van der Waals surface area contributed by atoms with Crippen molar-refractivity contribution in [3.63, 3.8) is 0 Å². The van der Waals surface area contributed by atoms with E-state index in [9.17, 15) is 18.2 Å². The van der Waals surface area contributed by atoms with Crippen molar-refractivity contribution in [2.75, 3.05) is 11.6 Å². The molecule has 0 radical (unpaired) electrons. The van der Waals surface area contributed by atoms with Crippen LogP contribution in [0.15, 0.2) is 18.2 Å². The van der Waals surface area contributed by atoms with Gasteiger partial charge in [0.1, 0.15) is 16.3 Å². The van der Waals surface area contributed by atoms with Crippen LogP contribution in [-0.2, 0) is 27.8 Å². The second kappa shape index (κ2) is 9.64. The van der Waals surface area contributed by atoms with Crippen molar-refractivity contribution < 1.29 is 22.9 Å². The van der Waals surface area contributed by atoms with E-state index in [0.29, 0.717) is 11.3 Å². The molecule has 2 rings (SSSR count). The van der Waals surface area contributed by atoms with Crippen molar-refractivity contribution in [2.45, 2.75) is 38.7 Å². The van der Waals surface area contributed by atoms with E-state index in [1.165, 1.54) is 18.4 Å². The van der Waals surface area contributed by atoms with E-state index in [0.717, 1.165) is 17.4 Å². The maximum atomic E-state index is 13.1. The summed E-state index contributed by atoms with van der Waals surface area (Å²) in [7, 11) is -1.25. The van der Waals surface area contributed by atoms with E-state index < -0.39 is 34.2 Å². The maximum absolute atomic E-state index is 13.1. The fraction of sp³-hybridized carbons (Fsp3) is 0.389. The van der Waals surface area contributed by atoms with Gasteiger partial charge in [0.15, 0.2) is 5.13 Å². The van der Waals surface area contributed by atoms with Gasteiger partial charge in [-0.05, 0) is 38.5 Å². The number of hydrogen-bond acceptors (Lipinski definition) is 6. The summed E-state index contributed by atoms with van der Waals surface area (Å²) in [5.41, 5.74) is 0.146. The van der Waals surface area contributed by atoms with Gasteiger partial charge in [-0.1, -0.05) is 29.0 Å². The van der Waals surface area contributed by atoms with Crippen LogP contribution in [0.4, 0.5) is 14.3 Å². The zero-order valence-corrected chi connectivity index (χ0v) is 18.7. The van der Waals surface area contributed by atoms with Crippen molar-refractivity contribution >= 4 is 50.9 Å². The number of ether oxygens (including phenoxy) is 1. The zero-order valence-electron chi connectivity index (χ0n) is 16.3. The molecular formula is C18H21ClFN3O4S2. The van der Waals surface area contributed by atoms with E-state index in [1.54, 1.807) is 20.8 Å². The lowest BCUT2D eigenvalue weighted by Crippen LogP contribution is -2.27. The Balaban J connectivity index is 2.16. The van der Waals surface area contributed by atoms with Crippen LogP contribution in [-0.4, -0.2) is 33.1 Å². The molecule has 0 bridgehead atoms.